The van der Waals surface area contributed by atoms with Gasteiger partial charge in [-0.05, 0) is 116 Å². The number of imidazole rings is 2. The first kappa shape index (κ1) is 113. The molecule has 2 heterocycles. The number of carbonyl (C=O) groups is 16. The van der Waals surface area contributed by atoms with Crippen LogP contribution in [0.15, 0.2) is 110 Å². The second kappa shape index (κ2) is 58.2. The van der Waals surface area contributed by atoms with Gasteiger partial charge in [0.2, 0.25) is 82.7 Å². The van der Waals surface area contributed by atoms with Gasteiger partial charge in [0.1, 0.15) is 90.3 Å². The van der Waals surface area contributed by atoms with Gasteiger partial charge in [0.25, 0.3) is 0 Å². The maximum atomic E-state index is 15.2. The third-order valence-corrected chi connectivity index (χ3v) is 21.3. The zero-order chi connectivity index (χ0) is 102. The Morgan fingerprint density at radius 1 is 0.336 bits per heavy atom. The summed E-state index contributed by atoms with van der Waals surface area (Å²) in [5.41, 5.74) is 18.7. The van der Waals surface area contributed by atoms with Crippen molar-refractivity contribution in [3.8, 4) is 5.75 Å². The van der Waals surface area contributed by atoms with Gasteiger partial charge >= 0.3 is 11.9 Å². The number of carboxylic acid groups (broad SMARTS) is 2. The Bertz CT molecular complexity index is 4780. The number of H-pyrrole nitrogens is 2. The topological polar surface area (TPSA) is 750 Å². The van der Waals surface area contributed by atoms with E-state index < -0.39 is 230 Å². The van der Waals surface area contributed by atoms with Crippen LogP contribution in [0.2, 0.25) is 0 Å². The van der Waals surface area contributed by atoms with Gasteiger partial charge in [0, 0.05) is 57.6 Å². The van der Waals surface area contributed by atoms with Crippen LogP contribution in [-0.4, -0.2) is 269 Å². The second-order valence-electron chi connectivity index (χ2n) is 35.7. The first-order valence-electron chi connectivity index (χ1n) is 45.5. The Morgan fingerprint density at radius 2 is 0.599 bits per heavy atom. The fourth-order valence-corrected chi connectivity index (χ4v) is 14.4. The molecule has 3 aromatic carbocycles. The molecule has 14 amide bonds. The first-order chi connectivity index (χ1) is 64.8. The van der Waals surface area contributed by atoms with Gasteiger partial charge in [0.05, 0.1) is 49.7 Å². The van der Waals surface area contributed by atoms with Crippen molar-refractivity contribution >= 4 is 107 Å². The number of phenols is 1. The zero-order valence-electron chi connectivity index (χ0n) is 78.8. The number of aliphatic carboxylic acids is 2. The van der Waals surface area contributed by atoms with E-state index in [1.165, 1.54) is 49.3 Å². The number of hydrogen-bond acceptors (Lipinski definition) is 24. The number of aromatic amines is 2. The van der Waals surface area contributed by atoms with E-state index in [4.69, 9.17) is 28.0 Å². The molecule has 0 bridgehead atoms. The normalized spacial score (nSPS) is 14.6. The monoisotopic (exact) mass is 1920 g/mol. The first-order valence-corrected chi connectivity index (χ1v) is 45.5. The lowest BCUT2D eigenvalue weighted by molar-refractivity contribution is -0.143. The summed E-state index contributed by atoms with van der Waals surface area (Å²) >= 11 is 0. The van der Waals surface area contributed by atoms with Crippen LogP contribution in [-0.2, 0) is 109 Å². The minimum atomic E-state index is -1.95. The average Bonchev–Trinajstić information content (AvgIpc) is 1.41. The van der Waals surface area contributed by atoms with E-state index in [9.17, 15) is 78.3 Å². The molecule has 31 N–H and O–H groups in total. The number of nitrogens with two attached hydrogens (primary N) is 3. The molecular weight excluding hydrogens is 1780 g/mol. The van der Waals surface area contributed by atoms with Crippen LogP contribution in [0.4, 0.5) is 0 Å². The van der Waals surface area contributed by atoms with E-state index in [0.29, 0.717) is 16.7 Å². The highest BCUT2D eigenvalue weighted by Gasteiger charge is 2.40. The molecule has 46 heteroatoms. The Labute approximate surface area is 794 Å². The van der Waals surface area contributed by atoms with E-state index >= 15 is 24.0 Å². The molecule has 5 aromatic rings. The Morgan fingerprint density at radius 3 is 0.905 bits per heavy atom. The summed E-state index contributed by atoms with van der Waals surface area (Å²) in [5.74, 6) is -19.3. The standard InChI is InChI=1S/C91H137N25O21/c1-48(2)31-59(92)75(122)103-60(23-17-29-99-90(93)94)77(124)115-72(44-117)87(134)107-63(33-50(5)6)79(126)108-65(36-53-19-13-11-14-20-53)81(128)105-62(32-49(3)4)78(125)109-66(37-54-21-15-12-16-22-54)83(130)116-73(45-118)88(135)110-67(38-55-25-27-58(119)28-26-55)82(129)111-69(40-57-43-98-47-102-57)85(132)112-68(39-56-42-97-46-101-56)84(131)104-61(24-18-30-100-91(95)96)76(123)113-70(41-74(120)121)86(133)106-64(34-51(7)8)80(127)114-71(89(136)137)35-52(9)10/h11-16,19-22,25-28,42-43,46-52,59-73,117-119H,17-18,23-24,29-41,44-45,92H2,1-10H3,(H,97,101)(H,98,102)(H,103,122)(H,104,131)(H,105,128)(H,106,133)(H,107,134)(H,108,126)(H,109,125)(H,110,135)(H,111,129)(H,112,132)(H,113,123)(H,114,127)(H,115,124)(H,116,130)(H,120,121)(H,136,137)(H4,93,94,99)(H4,95,96,100)/t59-,60-,61-,62-,63-,64-,65-,66-,67-,68-,69-,70-,71-,72-,73-/m0/s1. The van der Waals surface area contributed by atoms with Gasteiger partial charge in [-0.1, -0.05) is 142 Å². The molecule has 0 unspecified atom stereocenters. The molecule has 0 saturated carbocycles. The van der Waals surface area contributed by atoms with Crippen molar-refractivity contribution in [1.29, 1.82) is 10.8 Å². The minimum absolute atomic E-state index is 0.0106. The van der Waals surface area contributed by atoms with E-state index in [-0.39, 0.29) is 136 Å². The van der Waals surface area contributed by atoms with E-state index in [2.05, 4.69) is 105 Å². The van der Waals surface area contributed by atoms with Gasteiger partial charge in [-0.2, -0.15) is 0 Å². The number of guanidine groups is 2. The highest BCUT2D eigenvalue weighted by Crippen LogP contribution is 2.19. The number of hydrogen-bond donors (Lipinski definition) is 28. The van der Waals surface area contributed by atoms with Gasteiger partial charge in [-0.3, -0.25) is 82.7 Å². The molecule has 0 fully saturated rings. The number of phenolic OH excluding ortho intramolecular Hbond substituents is 1. The minimum Gasteiger partial charge on any atom is -0.508 e. The van der Waals surface area contributed by atoms with Crippen LogP contribution in [0.5, 0.6) is 5.75 Å². The van der Waals surface area contributed by atoms with Crippen molar-refractivity contribution < 1.29 is 102 Å². The fourth-order valence-electron chi connectivity index (χ4n) is 14.4. The Kier molecular flexibility index (Phi) is 48.1. The molecule has 0 aliphatic carbocycles. The maximum Gasteiger partial charge on any atom is 0.326 e. The second-order valence-corrected chi connectivity index (χ2v) is 35.7. The number of aliphatic hydroxyl groups is 2. The third-order valence-electron chi connectivity index (χ3n) is 21.3. The predicted octanol–water partition coefficient (Wildman–Crippen LogP) is -3.23. The quantitative estimate of drug-likeness (QED) is 0.0103. The molecule has 0 saturated heterocycles. The van der Waals surface area contributed by atoms with Crippen molar-refractivity contribution in [3.63, 3.8) is 0 Å². The lowest BCUT2D eigenvalue weighted by atomic mass is 9.99. The summed E-state index contributed by atoms with van der Waals surface area (Å²) in [5, 5.41) is 108. The molecule has 752 valence electrons. The lowest BCUT2D eigenvalue weighted by Gasteiger charge is -2.29. The van der Waals surface area contributed by atoms with Gasteiger partial charge in [-0.15, -0.1) is 0 Å². The molecule has 0 aliphatic rings. The number of aromatic hydroxyl groups is 1. The number of nitrogens with one attached hydrogen (secondary N) is 20. The van der Waals surface area contributed by atoms with Crippen LogP contribution < -0.4 is 102 Å². The van der Waals surface area contributed by atoms with Gasteiger partial charge in [-0.25, -0.2) is 14.8 Å². The van der Waals surface area contributed by atoms with Crippen LogP contribution in [0.25, 0.3) is 0 Å². The molecule has 5 rings (SSSR count). The number of benzene rings is 3. The number of aromatic nitrogens is 4. The summed E-state index contributed by atoms with van der Waals surface area (Å²) in [6, 6.07) is -1.68. The van der Waals surface area contributed by atoms with E-state index in [1.807, 2.05) is 13.8 Å². The highest BCUT2D eigenvalue weighted by molar-refractivity contribution is 6.01. The number of carbonyl (C=O) groups excluding carboxylic acids is 14. The van der Waals surface area contributed by atoms with Crippen LogP contribution in [0.1, 0.15) is 162 Å². The lowest BCUT2D eigenvalue weighted by Crippen LogP contribution is -2.62. The summed E-state index contributed by atoms with van der Waals surface area (Å²) in [7, 11) is 0. The van der Waals surface area contributed by atoms with Crippen LogP contribution in [0.3, 0.4) is 0 Å². The largest absolute Gasteiger partial charge is 0.508 e. The Balaban J connectivity index is 1.45. The van der Waals surface area contributed by atoms with Crippen LogP contribution in [0, 0.1) is 40.4 Å². The highest BCUT2D eigenvalue weighted by atomic mass is 16.4. The van der Waals surface area contributed by atoms with E-state index in [1.54, 1.807) is 116 Å². The average molecular weight is 1920 g/mol. The van der Waals surface area contributed by atoms with E-state index in [0.717, 1.165) is 0 Å². The van der Waals surface area contributed by atoms with Crippen molar-refractivity contribution in [2.75, 3.05) is 26.3 Å². The summed E-state index contributed by atoms with van der Waals surface area (Å²) in [4.78, 5) is 242. The van der Waals surface area contributed by atoms with Crippen molar-refractivity contribution in [2.24, 2.45) is 46.8 Å². The molecule has 137 heavy (non-hydrogen) atoms. The molecular formula is C91H137N25O21. The number of rotatable bonds is 61. The fraction of sp³-hybridized carbons (Fsp3) is 0.538. The Hall–Kier alpha value is -14.2. The number of carboxylic acids is 2. The number of nitrogens with zero attached hydrogens (tertiary/aromatic N) is 2. The number of aliphatic hydroxyl groups excluding tert-OH is 2. The molecule has 46 nitrogen and oxygen atoms in total. The SMILES string of the molecule is CC(C)C[C@H](NC(=O)[C@H](CC(C)C)NC(=O)[C@H](CC(=O)O)NC(=O)[C@H](CCCNC(=N)N)NC(=O)[C@H](Cc1c[nH]cn1)NC(=O)[C@H](Cc1c[nH]cn1)NC(=O)[C@H](Cc1ccc(O)cc1)NC(=O)[C@H](CO)NC(=O)[C@H](Cc1ccccc1)NC(=O)[C@H](CC(C)C)NC(=O)[C@H](Cc1ccccc1)NC(=O)[C@H](CC(C)C)NC(=O)[C@H](CO)NC(=O)[C@H](CCCNC(=N)N)NC(=O)[C@@H](N)CC(C)C)C(=O)O. The summed E-state index contributed by atoms with van der Waals surface area (Å²) in [6.45, 7) is 15.5. The molecule has 0 aliphatic heterocycles. The van der Waals surface area contributed by atoms with Crippen LogP contribution >= 0.6 is 0 Å². The zero-order valence-corrected chi connectivity index (χ0v) is 78.8. The van der Waals surface area contributed by atoms with Gasteiger partial charge < -0.3 is 138 Å². The van der Waals surface area contributed by atoms with Gasteiger partial charge in [0.15, 0.2) is 11.9 Å². The summed E-state index contributed by atoms with van der Waals surface area (Å²) < 4.78 is 0. The van der Waals surface area contributed by atoms with Crippen molar-refractivity contribution in [3.05, 3.63) is 138 Å². The maximum absolute atomic E-state index is 15.2. The van der Waals surface area contributed by atoms with Crippen molar-refractivity contribution in [2.45, 2.75) is 256 Å². The molecule has 0 spiro atoms. The van der Waals surface area contributed by atoms with Crippen molar-refractivity contribution in [1.82, 2.24) is 105 Å². The molecule has 0 radical (unpaired) electrons. The number of amides is 14. The third kappa shape index (κ3) is 42.1. The molecule has 2 aromatic heterocycles. The molecule has 15 atom stereocenters. The predicted molar refractivity (Wildman–Crippen MR) is 501 cm³/mol. The smallest absolute Gasteiger partial charge is 0.326 e. The summed E-state index contributed by atoms with van der Waals surface area (Å²) in [6.07, 6.45) is 2.27.